The molecular formula is C24H21ClN4O3. The van der Waals surface area contributed by atoms with Gasteiger partial charge in [-0.25, -0.2) is 9.78 Å². The molecule has 4 rings (SSSR count). The molecule has 1 amide bonds. The van der Waals surface area contributed by atoms with Gasteiger partial charge in [0, 0.05) is 16.9 Å². The normalized spacial score (nSPS) is 10.9. The van der Waals surface area contributed by atoms with E-state index in [-0.39, 0.29) is 24.5 Å². The minimum Gasteiger partial charge on any atom is -0.325 e. The Labute approximate surface area is 188 Å². The fourth-order valence-electron chi connectivity index (χ4n) is 3.48. The third kappa shape index (κ3) is 4.48. The van der Waals surface area contributed by atoms with Gasteiger partial charge in [-0.15, -0.1) is 0 Å². The third-order valence-electron chi connectivity index (χ3n) is 5.19. The molecule has 2 heterocycles. The van der Waals surface area contributed by atoms with Crippen LogP contribution in [0, 0.1) is 0 Å². The third-order valence-corrected chi connectivity index (χ3v) is 5.44. The summed E-state index contributed by atoms with van der Waals surface area (Å²) < 4.78 is 2.36. The first-order chi connectivity index (χ1) is 15.5. The van der Waals surface area contributed by atoms with Gasteiger partial charge in [0.15, 0.2) is 5.52 Å². The van der Waals surface area contributed by atoms with E-state index in [1.54, 1.807) is 36.4 Å². The summed E-state index contributed by atoms with van der Waals surface area (Å²) in [6.07, 6.45) is 2.39. The van der Waals surface area contributed by atoms with Crippen LogP contribution < -0.4 is 16.6 Å². The van der Waals surface area contributed by atoms with Gasteiger partial charge >= 0.3 is 5.69 Å². The van der Waals surface area contributed by atoms with Crippen LogP contribution in [0.4, 0.5) is 5.69 Å². The molecule has 2 aromatic carbocycles. The highest BCUT2D eigenvalue weighted by Crippen LogP contribution is 2.12. The number of fused-ring (bicyclic) bond motifs is 1. The maximum Gasteiger partial charge on any atom is 0.332 e. The highest BCUT2D eigenvalue weighted by Gasteiger charge is 2.16. The smallest absolute Gasteiger partial charge is 0.325 e. The molecule has 0 aliphatic rings. The lowest BCUT2D eigenvalue weighted by Crippen LogP contribution is -2.42. The number of amides is 1. The number of aromatic nitrogens is 3. The predicted molar refractivity (Wildman–Crippen MR) is 125 cm³/mol. The maximum absolute atomic E-state index is 13.2. The predicted octanol–water partition coefficient (Wildman–Crippen LogP) is 3.46. The molecule has 0 bridgehead atoms. The number of halogens is 1. The average molecular weight is 449 g/mol. The number of nitrogens with zero attached hydrogens (tertiary/aromatic N) is 3. The molecule has 2 aromatic heterocycles. The van der Waals surface area contributed by atoms with E-state index < -0.39 is 11.2 Å². The van der Waals surface area contributed by atoms with Crippen LogP contribution in [0.15, 0.2) is 76.4 Å². The lowest BCUT2D eigenvalue weighted by Gasteiger charge is -2.14. The second-order valence-electron chi connectivity index (χ2n) is 7.36. The summed E-state index contributed by atoms with van der Waals surface area (Å²) in [6, 6.07) is 17.6. The van der Waals surface area contributed by atoms with E-state index in [0.717, 1.165) is 22.1 Å². The Morgan fingerprint density at radius 2 is 1.66 bits per heavy atom. The Kier molecular flexibility index (Phi) is 6.18. The van der Waals surface area contributed by atoms with Crippen molar-refractivity contribution < 1.29 is 4.79 Å². The zero-order valence-electron chi connectivity index (χ0n) is 17.4. The number of pyridine rings is 1. The van der Waals surface area contributed by atoms with Crippen molar-refractivity contribution in [3.8, 4) is 0 Å². The number of carbonyl (C=O) groups is 1. The van der Waals surface area contributed by atoms with Crippen LogP contribution in [0.2, 0.25) is 5.02 Å². The van der Waals surface area contributed by atoms with E-state index in [9.17, 15) is 14.4 Å². The van der Waals surface area contributed by atoms with Crippen molar-refractivity contribution in [2.45, 2.75) is 26.4 Å². The Bertz CT molecular complexity index is 1390. The van der Waals surface area contributed by atoms with Crippen molar-refractivity contribution in [2.24, 2.45) is 0 Å². The molecule has 0 unspecified atom stereocenters. The van der Waals surface area contributed by atoms with Crippen LogP contribution in [0.25, 0.3) is 11.0 Å². The van der Waals surface area contributed by atoms with Gasteiger partial charge in [0.25, 0.3) is 5.56 Å². The number of benzene rings is 2. The summed E-state index contributed by atoms with van der Waals surface area (Å²) in [5.41, 5.74) is 1.88. The summed E-state index contributed by atoms with van der Waals surface area (Å²) >= 11 is 5.93. The molecule has 0 radical (unpaired) electrons. The van der Waals surface area contributed by atoms with Crippen molar-refractivity contribution in [3.05, 3.63) is 104 Å². The Morgan fingerprint density at radius 1 is 0.969 bits per heavy atom. The Hall–Kier alpha value is -3.71. The first kappa shape index (κ1) is 21.5. The van der Waals surface area contributed by atoms with Crippen molar-refractivity contribution in [3.63, 3.8) is 0 Å². The molecular weight excluding hydrogens is 428 g/mol. The first-order valence-electron chi connectivity index (χ1n) is 10.2. The minimum absolute atomic E-state index is 0.0431. The second kappa shape index (κ2) is 9.20. The van der Waals surface area contributed by atoms with Crippen molar-refractivity contribution in [1.29, 1.82) is 0 Å². The second-order valence-corrected chi connectivity index (χ2v) is 7.79. The number of hydrogen-bond acceptors (Lipinski definition) is 4. The van der Waals surface area contributed by atoms with E-state index in [4.69, 9.17) is 11.6 Å². The number of nitrogens with one attached hydrogen (secondary N) is 1. The van der Waals surface area contributed by atoms with E-state index >= 15 is 0 Å². The van der Waals surface area contributed by atoms with Crippen LogP contribution in [0.3, 0.4) is 0 Å². The number of aryl methyl sites for hydroxylation is 1. The van der Waals surface area contributed by atoms with E-state index in [2.05, 4.69) is 17.2 Å². The molecule has 4 aromatic rings. The zero-order chi connectivity index (χ0) is 22.7. The van der Waals surface area contributed by atoms with Crippen LogP contribution in [0.5, 0.6) is 0 Å². The zero-order valence-corrected chi connectivity index (χ0v) is 18.2. The van der Waals surface area contributed by atoms with Crippen LogP contribution in [0.1, 0.15) is 18.1 Å². The first-order valence-corrected chi connectivity index (χ1v) is 10.6. The molecule has 8 heteroatoms. The SMILES string of the molecule is CCc1ccc(NC(=O)Cn2c(=O)n(Cc3ccc(Cl)cc3)c(=O)c3ncccc32)cc1. The highest BCUT2D eigenvalue weighted by atomic mass is 35.5. The summed E-state index contributed by atoms with van der Waals surface area (Å²) in [6.45, 7) is 1.84. The molecule has 32 heavy (non-hydrogen) atoms. The van der Waals surface area contributed by atoms with Gasteiger partial charge in [-0.2, -0.15) is 0 Å². The van der Waals surface area contributed by atoms with Crippen molar-refractivity contribution in [2.75, 3.05) is 5.32 Å². The number of rotatable bonds is 6. The standard InChI is InChI=1S/C24H21ClN4O3/c1-2-16-7-11-19(12-8-16)27-21(30)15-28-20-4-3-13-26-22(20)23(31)29(24(28)32)14-17-5-9-18(25)10-6-17/h3-13H,2,14-15H2,1H3,(H,27,30). The fraction of sp³-hybridized carbons (Fsp3) is 0.167. The van der Waals surface area contributed by atoms with Gasteiger partial charge in [-0.05, 0) is 53.9 Å². The minimum atomic E-state index is -0.582. The van der Waals surface area contributed by atoms with Gasteiger partial charge in [0.2, 0.25) is 5.91 Å². The van der Waals surface area contributed by atoms with Gasteiger partial charge in [-0.3, -0.25) is 18.7 Å². The maximum atomic E-state index is 13.2. The summed E-state index contributed by atoms with van der Waals surface area (Å²) in [4.78, 5) is 43.1. The lowest BCUT2D eigenvalue weighted by molar-refractivity contribution is -0.116. The molecule has 0 saturated heterocycles. The van der Waals surface area contributed by atoms with Gasteiger partial charge in [0.1, 0.15) is 6.54 Å². The van der Waals surface area contributed by atoms with E-state index in [0.29, 0.717) is 16.2 Å². The van der Waals surface area contributed by atoms with Crippen molar-refractivity contribution >= 4 is 34.2 Å². The molecule has 0 saturated carbocycles. The topological polar surface area (TPSA) is 86.0 Å². The van der Waals surface area contributed by atoms with Crippen LogP contribution >= 0.6 is 11.6 Å². The monoisotopic (exact) mass is 448 g/mol. The lowest BCUT2D eigenvalue weighted by atomic mass is 10.1. The highest BCUT2D eigenvalue weighted by molar-refractivity contribution is 6.30. The molecule has 0 aliphatic heterocycles. The molecule has 162 valence electrons. The molecule has 0 fully saturated rings. The fourth-order valence-corrected chi connectivity index (χ4v) is 3.60. The summed E-state index contributed by atoms with van der Waals surface area (Å²) in [5.74, 6) is -0.377. The van der Waals surface area contributed by atoms with Crippen molar-refractivity contribution in [1.82, 2.24) is 14.1 Å². The van der Waals surface area contributed by atoms with Gasteiger partial charge in [-0.1, -0.05) is 42.8 Å². The van der Waals surface area contributed by atoms with E-state index in [1.807, 2.05) is 24.3 Å². The Balaban J connectivity index is 1.71. The van der Waals surface area contributed by atoms with E-state index in [1.165, 1.54) is 10.8 Å². The van der Waals surface area contributed by atoms with Crippen LogP contribution in [-0.2, 0) is 24.3 Å². The molecule has 7 nitrogen and oxygen atoms in total. The quantitative estimate of drug-likeness (QED) is 0.489. The van der Waals surface area contributed by atoms with Crippen LogP contribution in [-0.4, -0.2) is 20.0 Å². The molecule has 0 atom stereocenters. The van der Waals surface area contributed by atoms with Gasteiger partial charge in [0.05, 0.1) is 12.1 Å². The van der Waals surface area contributed by atoms with Gasteiger partial charge < -0.3 is 5.32 Å². The molecule has 0 spiro atoms. The average Bonchev–Trinajstić information content (AvgIpc) is 2.81. The summed E-state index contributed by atoms with van der Waals surface area (Å²) in [5, 5.41) is 3.36. The Morgan fingerprint density at radius 3 is 2.34 bits per heavy atom. The number of carbonyl (C=O) groups excluding carboxylic acids is 1. The molecule has 0 aliphatic carbocycles. The molecule has 1 N–H and O–H groups in total. The summed E-state index contributed by atoms with van der Waals surface area (Å²) in [7, 11) is 0. The largest absolute Gasteiger partial charge is 0.332 e. The number of hydrogen-bond donors (Lipinski definition) is 1. The number of anilines is 1.